The second-order valence-electron chi connectivity index (χ2n) is 4.69. The largest absolute Gasteiger partial charge is 0.497 e. The smallest absolute Gasteiger partial charge is 0.284 e. The van der Waals surface area contributed by atoms with Crippen LogP contribution in [0.2, 0.25) is 0 Å². The van der Waals surface area contributed by atoms with E-state index < -0.39 is 0 Å². The van der Waals surface area contributed by atoms with E-state index in [1.807, 2.05) is 30.3 Å². The maximum atomic E-state index is 12.5. The minimum atomic E-state index is -0.252. The molecular formula is C17H14N2O4S. The highest BCUT2D eigenvalue weighted by atomic mass is 32.2. The van der Waals surface area contributed by atoms with Crippen molar-refractivity contribution in [3.8, 4) is 23.0 Å². The number of carbonyl (C=O) groups is 1. The molecule has 6 nitrogen and oxygen atoms in total. The highest BCUT2D eigenvalue weighted by Gasteiger charge is 2.18. The van der Waals surface area contributed by atoms with E-state index in [4.69, 9.17) is 13.9 Å². The average Bonchev–Trinajstić information content (AvgIpc) is 3.10. The summed E-state index contributed by atoms with van der Waals surface area (Å²) in [7, 11) is 3.05. The number of hydrogen-bond donors (Lipinski definition) is 0. The van der Waals surface area contributed by atoms with Gasteiger partial charge in [0.2, 0.25) is 11.0 Å². The van der Waals surface area contributed by atoms with Gasteiger partial charge in [-0.2, -0.15) is 0 Å². The first-order valence-corrected chi connectivity index (χ1v) is 7.86. The Labute approximate surface area is 142 Å². The van der Waals surface area contributed by atoms with Crippen LogP contribution in [-0.4, -0.2) is 29.5 Å². The maximum absolute atomic E-state index is 12.5. The SMILES string of the molecule is COc1ccc(C(=O)Sc2nnc(-c3ccccc3)o2)c(OC)c1. The first-order chi connectivity index (χ1) is 11.7. The Morgan fingerprint density at radius 3 is 2.54 bits per heavy atom. The number of hydrogen-bond acceptors (Lipinski definition) is 7. The molecular weight excluding hydrogens is 328 g/mol. The Morgan fingerprint density at radius 1 is 1.04 bits per heavy atom. The first-order valence-electron chi connectivity index (χ1n) is 7.04. The minimum absolute atomic E-state index is 0.178. The molecule has 0 aliphatic rings. The monoisotopic (exact) mass is 342 g/mol. The molecule has 7 heteroatoms. The number of carbonyl (C=O) groups excluding carboxylic acids is 1. The predicted molar refractivity (Wildman–Crippen MR) is 89.5 cm³/mol. The molecule has 1 heterocycles. The number of rotatable bonds is 5. The standard InChI is InChI=1S/C17H14N2O4S/c1-21-12-8-9-13(14(10-12)22-2)16(20)24-17-19-18-15(23-17)11-6-4-3-5-7-11/h3-10H,1-2H3. The van der Waals surface area contributed by atoms with Gasteiger partial charge in [0.15, 0.2) is 0 Å². The Morgan fingerprint density at radius 2 is 1.83 bits per heavy atom. The lowest BCUT2D eigenvalue weighted by atomic mass is 10.2. The molecule has 3 rings (SSSR count). The van der Waals surface area contributed by atoms with E-state index in [-0.39, 0.29) is 10.3 Å². The van der Waals surface area contributed by atoms with Crippen LogP contribution >= 0.6 is 11.8 Å². The lowest BCUT2D eigenvalue weighted by molar-refractivity contribution is 0.108. The van der Waals surface area contributed by atoms with Crippen LogP contribution in [0.3, 0.4) is 0 Å². The van der Waals surface area contributed by atoms with Gasteiger partial charge < -0.3 is 13.9 Å². The van der Waals surface area contributed by atoms with E-state index >= 15 is 0 Å². The van der Waals surface area contributed by atoms with Crippen molar-refractivity contribution < 1.29 is 18.7 Å². The second-order valence-corrected chi connectivity index (χ2v) is 5.62. The first kappa shape index (κ1) is 16.1. The molecule has 2 aromatic carbocycles. The third-order valence-electron chi connectivity index (χ3n) is 3.24. The van der Waals surface area contributed by atoms with Crippen molar-refractivity contribution in [2.75, 3.05) is 14.2 Å². The summed E-state index contributed by atoms with van der Waals surface area (Å²) in [6.45, 7) is 0. The van der Waals surface area contributed by atoms with Gasteiger partial charge in [-0.05, 0) is 24.3 Å². The van der Waals surface area contributed by atoms with Gasteiger partial charge in [-0.3, -0.25) is 4.79 Å². The fourth-order valence-corrected chi connectivity index (χ4v) is 2.69. The Hall–Kier alpha value is -2.80. The lowest BCUT2D eigenvalue weighted by Gasteiger charge is -2.08. The molecule has 0 unspecified atom stereocenters. The molecule has 0 spiro atoms. The third kappa shape index (κ3) is 3.41. The van der Waals surface area contributed by atoms with Crippen LogP contribution in [0.1, 0.15) is 10.4 Å². The van der Waals surface area contributed by atoms with Crippen molar-refractivity contribution in [2.24, 2.45) is 0 Å². The molecule has 24 heavy (non-hydrogen) atoms. The van der Waals surface area contributed by atoms with Gasteiger partial charge in [0.1, 0.15) is 11.5 Å². The normalized spacial score (nSPS) is 10.4. The molecule has 0 saturated heterocycles. The molecule has 0 bridgehead atoms. The van der Waals surface area contributed by atoms with Gasteiger partial charge in [-0.25, -0.2) is 0 Å². The van der Waals surface area contributed by atoms with Crippen molar-refractivity contribution >= 4 is 16.9 Å². The molecule has 0 aliphatic carbocycles. The fourth-order valence-electron chi connectivity index (χ4n) is 2.05. The summed E-state index contributed by atoms with van der Waals surface area (Å²) in [6.07, 6.45) is 0. The van der Waals surface area contributed by atoms with Crippen molar-refractivity contribution in [3.05, 3.63) is 54.1 Å². The van der Waals surface area contributed by atoms with Crippen molar-refractivity contribution in [3.63, 3.8) is 0 Å². The minimum Gasteiger partial charge on any atom is -0.497 e. The van der Waals surface area contributed by atoms with Crippen LogP contribution in [0.4, 0.5) is 0 Å². The molecule has 0 atom stereocenters. The fraction of sp³-hybridized carbons (Fsp3) is 0.118. The Balaban J connectivity index is 1.79. The number of aromatic nitrogens is 2. The number of nitrogens with zero attached hydrogens (tertiary/aromatic N) is 2. The molecule has 1 aromatic heterocycles. The highest BCUT2D eigenvalue weighted by Crippen LogP contribution is 2.31. The molecule has 0 N–H and O–H groups in total. The van der Waals surface area contributed by atoms with Gasteiger partial charge in [0.25, 0.3) is 5.22 Å². The summed E-state index contributed by atoms with van der Waals surface area (Å²) in [5, 5.41) is 7.79. The predicted octanol–water partition coefficient (Wildman–Crippen LogP) is 3.69. The summed E-state index contributed by atoms with van der Waals surface area (Å²) in [5.74, 6) is 1.40. The number of methoxy groups -OCH3 is 2. The maximum Gasteiger partial charge on any atom is 0.284 e. The van der Waals surface area contributed by atoms with E-state index in [2.05, 4.69) is 10.2 Å². The van der Waals surface area contributed by atoms with Crippen LogP contribution in [0, 0.1) is 0 Å². The zero-order chi connectivity index (χ0) is 16.9. The van der Waals surface area contributed by atoms with Crippen LogP contribution < -0.4 is 9.47 Å². The van der Waals surface area contributed by atoms with Gasteiger partial charge in [0, 0.05) is 23.4 Å². The topological polar surface area (TPSA) is 74.5 Å². The van der Waals surface area contributed by atoms with E-state index in [0.29, 0.717) is 23.0 Å². The van der Waals surface area contributed by atoms with Crippen molar-refractivity contribution in [1.29, 1.82) is 0 Å². The number of ether oxygens (including phenoxy) is 2. The Kier molecular flexibility index (Phi) is 4.81. The van der Waals surface area contributed by atoms with Crippen molar-refractivity contribution in [2.45, 2.75) is 5.22 Å². The van der Waals surface area contributed by atoms with Crippen LogP contribution in [0.15, 0.2) is 58.2 Å². The van der Waals surface area contributed by atoms with Gasteiger partial charge in [-0.15, -0.1) is 10.2 Å². The quantitative estimate of drug-likeness (QED) is 0.655. The molecule has 0 amide bonds. The van der Waals surface area contributed by atoms with Crippen LogP contribution in [0.5, 0.6) is 11.5 Å². The molecule has 0 saturated carbocycles. The molecule has 0 aliphatic heterocycles. The van der Waals surface area contributed by atoms with Crippen molar-refractivity contribution in [1.82, 2.24) is 10.2 Å². The summed E-state index contributed by atoms with van der Waals surface area (Å²) >= 11 is 0.855. The van der Waals surface area contributed by atoms with Gasteiger partial charge in [0.05, 0.1) is 19.8 Å². The summed E-state index contributed by atoms with van der Waals surface area (Å²) in [6, 6.07) is 14.3. The highest BCUT2D eigenvalue weighted by molar-refractivity contribution is 8.14. The van der Waals surface area contributed by atoms with Gasteiger partial charge >= 0.3 is 0 Å². The average molecular weight is 342 g/mol. The number of thioether (sulfide) groups is 1. The molecule has 0 fully saturated rings. The van der Waals surface area contributed by atoms with Crippen LogP contribution in [0.25, 0.3) is 11.5 Å². The third-order valence-corrected chi connectivity index (χ3v) is 3.98. The Bertz CT molecular complexity index is 849. The van der Waals surface area contributed by atoms with E-state index in [1.165, 1.54) is 7.11 Å². The zero-order valence-electron chi connectivity index (χ0n) is 13.1. The summed E-state index contributed by atoms with van der Waals surface area (Å²) in [5.41, 5.74) is 1.20. The molecule has 3 aromatic rings. The van der Waals surface area contributed by atoms with E-state index in [9.17, 15) is 4.79 Å². The van der Waals surface area contributed by atoms with E-state index in [1.54, 1.807) is 25.3 Å². The molecule has 122 valence electrons. The van der Waals surface area contributed by atoms with Crippen LogP contribution in [-0.2, 0) is 0 Å². The van der Waals surface area contributed by atoms with E-state index in [0.717, 1.165) is 17.3 Å². The van der Waals surface area contributed by atoms with Gasteiger partial charge in [-0.1, -0.05) is 18.2 Å². The molecule has 0 radical (unpaired) electrons. The zero-order valence-corrected chi connectivity index (χ0v) is 13.9. The second kappa shape index (κ2) is 7.18. The number of benzene rings is 2. The summed E-state index contributed by atoms with van der Waals surface area (Å²) in [4.78, 5) is 12.5. The summed E-state index contributed by atoms with van der Waals surface area (Å²) < 4.78 is 15.9. The lowest BCUT2D eigenvalue weighted by Crippen LogP contribution is -1.99.